The molecule has 0 amide bonds. The lowest BCUT2D eigenvalue weighted by Crippen LogP contribution is -2.39. The van der Waals surface area contributed by atoms with Crippen LogP contribution in [-0.2, 0) is 16.0 Å². The minimum Gasteiger partial charge on any atom is -0.385 e. The third kappa shape index (κ3) is 10.6. The molecule has 2 N–H and O–H groups in total. The molecule has 0 spiro atoms. The lowest BCUT2D eigenvalue weighted by molar-refractivity contribution is 0.00534. The van der Waals surface area contributed by atoms with Gasteiger partial charge in [0, 0.05) is 60.1 Å². The first kappa shape index (κ1) is 25.1. The van der Waals surface area contributed by atoms with E-state index in [1.807, 2.05) is 0 Å². The number of guanidine groups is 1. The summed E-state index contributed by atoms with van der Waals surface area (Å²) in [6, 6.07) is 10.7. The van der Waals surface area contributed by atoms with Gasteiger partial charge in [-0.05, 0) is 31.2 Å². The lowest BCUT2D eigenvalue weighted by Gasteiger charge is -2.32. The van der Waals surface area contributed by atoms with E-state index in [2.05, 4.69) is 50.9 Å². The minimum atomic E-state index is 0. The van der Waals surface area contributed by atoms with Crippen LogP contribution in [0.3, 0.4) is 0 Å². The predicted octanol–water partition coefficient (Wildman–Crippen LogP) is 2.88. The van der Waals surface area contributed by atoms with Crippen molar-refractivity contribution in [1.29, 1.82) is 0 Å². The fourth-order valence-electron chi connectivity index (χ4n) is 3.25. The van der Waals surface area contributed by atoms with Crippen molar-refractivity contribution < 1.29 is 9.47 Å². The zero-order chi connectivity index (χ0) is 19.2. The summed E-state index contributed by atoms with van der Waals surface area (Å²) in [6.07, 6.45) is 4.63. The molecule has 0 radical (unpaired) electrons. The van der Waals surface area contributed by atoms with Crippen molar-refractivity contribution >= 4 is 29.9 Å². The van der Waals surface area contributed by atoms with Crippen LogP contribution in [0.25, 0.3) is 0 Å². The topological polar surface area (TPSA) is 58.1 Å². The average molecular weight is 504 g/mol. The molecule has 160 valence electrons. The lowest BCUT2D eigenvalue weighted by atomic mass is 10.1. The van der Waals surface area contributed by atoms with Crippen LogP contribution in [0.15, 0.2) is 35.3 Å². The van der Waals surface area contributed by atoms with Crippen LogP contribution in [0.2, 0.25) is 0 Å². The average Bonchev–Trinajstić information content (AvgIpc) is 2.71. The van der Waals surface area contributed by atoms with Gasteiger partial charge >= 0.3 is 0 Å². The van der Waals surface area contributed by atoms with Gasteiger partial charge in [0.1, 0.15) is 0 Å². The molecule has 6 nitrogen and oxygen atoms in total. The third-order valence-electron chi connectivity index (χ3n) is 4.79. The predicted molar refractivity (Wildman–Crippen MR) is 127 cm³/mol. The molecule has 1 aliphatic heterocycles. The van der Waals surface area contributed by atoms with E-state index >= 15 is 0 Å². The highest BCUT2D eigenvalue weighted by atomic mass is 127. The largest absolute Gasteiger partial charge is 0.385 e. The molecule has 1 aromatic carbocycles. The number of nitrogens with one attached hydrogen (secondary N) is 2. The molecule has 1 aliphatic rings. The van der Waals surface area contributed by atoms with Gasteiger partial charge in [0.15, 0.2) is 5.96 Å². The number of methoxy groups -OCH3 is 1. The van der Waals surface area contributed by atoms with Crippen molar-refractivity contribution in [3.8, 4) is 0 Å². The zero-order valence-electron chi connectivity index (χ0n) is 17.4. The highest BCUT2D eigenvalue weighted by Gasteiger charge is 2.19. The summed E-state index contributed by atoms with van der Waals surface area (Å²) < 4.78 is 11.1. The number of rotatable bonds is 11. The van der Waals surface area contributed by atoms with Gasteiger partial charge in [0.05, 0.1) is 6.10 Å². The minimum absolute atomic E-state index is 0. The zero-order valence-corrected chi connectivity index (χ0v) is 19.7. The van der Waals surface area contributed by atoms with Crippen LogP contribution in [0, 0.1) is 0 Å². The fraction of sp³-hybridized carbons (Fsp3) is 0.667. The van der Waals surface area contributed by atoms with Crippen molar-refractivity contribution in [3.05, 3.63) is 35.9 Å². The van der Waals surface area contributed by atoms with Gasteiger partial charge in [-0.3, -0.25) is 9.89 Å². The van der Waals surface area contributed by atoms with Crippen molar-refractivity contribution in [3.63, 3.8) is 0 Å². The number of hydrogen-bond donors (Lipinski definition) is 2. The summed E-state index contributed by atoms with van der Waals surface area (Å²) >= 11 is 0. The second-order valence-electron chi connectivity index (χ2n) is 6.96. The van der Waals surface area contributed by atoms with Crippen LogP contribution in [0.4, 0.5) is 0 Å². The summed E-state index contributed by atoms with van der Waals surface area (Å²) in [5.41, 5.74) is 1.40. The van der Waals surface area contributed by atoms with Crippen molar-refractivity contribution in [2.24, 2.45) is 4.99 Å². The van der Waals surface area contributed by atoms with Crippen LogP contribution < -0.4 is 10.6 Å². The van der Waals surface area contributed by atoms with Crippen LogP contribution in [0.1, 0.15) is 31.2 Å². The van der Waals surface area contributed by atoms with Crippen molar-refractivity contribution in [2.45, 2.75) is 38.3 Å². The molecule has 1 fully saturated rings. The Balaban J connectivity index is 0.00000392. The number of halogens is 1. The molecule has 28 heavy (non-hydrogen) atoms. The maximum absolute atomic E-state index is 6.07. The molecule has 0 aromatic heterocycles. The first-order valence-electron chi connectivity index (χ1n) is 10.1. The Hall–Kier alpha value is -0.900. The first-order chi connectivity index (χ1) is 13.3. The van der Waals surface area contributed by atoms with Gasteiger partial charge in [-0.25, -0.2) is 0 Å². The Morgan fingerprint density at radius 1 is 1.07 bits per heavy atom. The number of likely N-dealkylation sites (tertiary alicyclic amines) is 1. The standard InChI is InChI=1S/C21H36N4O2.HI/c1-22-21(23-12-6-16-26-2)24-13-7-17-27-20-10-14-25(15-11-20)18-19-8-4-3-5-9-19;/h3-5,8-9,20H,6-7,10-18H2,1-2H3,(H2,22,23,24);1H. The highest BCUT2D eigenvalue weighted by molar-refractivity contribution is 14.0. The Morgan fingerprint density at radius 3 is 2.32 bits per heavy atom. The van der Waals surface area contributed by atoms with Gasteiger partial charge in [-0.15, -0.1) is 24.0 Å². The summed E-state index contributed by atoms with van der Waals surface area (Å²) in [5.74, 6) is 0.848. The molecule has 0 unspecified atom stereocenters. The van der Waals surface area contributed by atoms with Gasteiger partial charge in [0.25, 0.3) is 0 Å². The SMILES string of the molecule is CN=C(NCCCOC)NCCCOC1CCN(Cc2ccccc2)CC1.I. The van der Waals surface area contributed by atoms with E-state index in [4.69, 9.17) is 9.47 Å². The Morgan fingerprint density at radius 2 is 1.71 bits per heavy atom. The van der Waals surface area contributed by atoms with Gasteiger partial charge in [-0.2, -0.15) is 0 Å². The second-order valence-corrected chi connectivity index (χ2v) is 6.96. The molecule has 0 saturated carbocycles. The van der Waals surface area contributed by atoms with E-state index in [1.165, 1.54) is 5.56 Å². The van der Waals surface area contributed by atoms with Crippen molar-refractivity contribution in [2.75, 3.05) is 53.6 Å². The Bertz CT molecular complexity index is 522. The number of piperidine rings is 1. The first-order valence-corrected chi connectivity index (χ1v) is 10.1. The normalized spacial score (nSPS) is 15.9. The van der Waals surface area contributed by atoms with E-state index < -0.39 is 0 Å². The van der Waals surface area contributed by atoms with E-state index in [-0.39, 0.29) is 24.0 Å². The number of aliphatic imine (C=N–C) groups is 1. The second kappa shape index (κ2) is 16.0. The highest BCUT2D eigenvalue weighted by Crippen LogP contribution is 2.16. The summed E-state index contributed by atoms with van der Waals surface area (Å²) in [6.45, 7) is 6.60. The molecule has 7 heteroatoms. The van der Waals surface area contributed by atoms with Gasteiger partial charge in [-0.1, -0.05) is 30.3 Å². The van der Waals surface area contributed by atoms with Crippen LogP contribution in [-0.4, -0.2) is 70.5 Å². The number of ether oxygens (including phenoxy) is 2. The molecule has 0 atom stereocenters. The van der Waals surface area contributed by atoms with Crippen LogP contribution in [0.5, 0.6) is 0 Å². The monoisotopic (exact) mass is 504 g/mol. The maximum Gasteiger partial charge on any atom is 0.190 e. The van der Waals surface area contributed by atoms with E-state index in [1.54, 1.807) is 14.2 Å². The molecular weight excluding hydrogens is 467 g/mol. The molecule has 1 heterocycles. The summed E-state index contributed by atoms with van der Waals surface area (Å²) in [4.78, 5) is 6.75. The molecule has 0 aliphatic carbocycles. The summed E-state index contributed by atoms with van der Waals surface area (Å²) in [5, 5.41) is 6.61. The van der Waals surface area contributed by atoms with Crippen LogP contribution >= 0.6 is 24.0 Å². The Labute approximate surface area is 187 Å². The van der Waals surface area contributed by atoms with E-state index in [0.717, 1.165) is 77.6 Å². The van der Waals surface area contributed by atoms with Gasteiger partial charge in [0.2, 0.25) is 0 Å². The van der Waals surface area contributed by atoms with Crippen molar-refractivity contribution in [1.82, 2.24) is 15.5 Å². The quantitative estimate of drug-likeness (QED) is 0.210. The Kier molecular flexibility index (Phi) is 14.3. The van der Waals surface area contributed by atoms with E-state index in [0.29, 0.717) is 6.10 Å². The van der Waals surface area contributed by atoms with Gasteiger partial charge < -0.3 is 20.1 Å². The third-order valence-corrected chi connectivity index (χ3v) is 4.79. The molecule has 2 rings (SSSR count). The van der Waals surface area contributed by atoms with E-state index in [9.17, 15) is 0 Å². The maximum atomic E-state index is 6.07. The molecule has 1 aromatic rings. The fourth-order valence-corrected chi connectivity index (χ4v) is 3.25. The number of benzene rings is 1. The molecule has 0 bridgehead atoms. The molecule has 1 saturated heterocycles. The smallest absolute Gasteiger partial charge is 0.190 e. The number of nitrogens with zero attached hydrogens (tertiary/aromatic N) is 2. The molecular formula is C21H37IN4O2. The number of hydrogen-bond acceptors (Lipinski definition) is 4. The summed E-state index contributed by atoms with van der Waals surface area (Å²) in [7, 11) is 3.52.